The summed E-state index contributed by atoms with van der Waals surface area (Å²) in [7, 11) is 0. The minimum Gasteiger partial charge on any atom is -0.321 e. The maximum absolute atomic E-state index is 11.6. The van der Waals surface area contributed by atoms with Gasteiger partial charge >= 0.3 is 6.47 Å². The van der Waals surface area contributed by atoms with Gasteiger partial charge in [0.1, 0.15) is 10.6 Å². The molecule has 14 heavy (non-hydrogen) atoms. The molecule has 0 spiro atoms. The number of hydrogen-bond acceptors (Lipinski definition) is 5. The van der Waals surface area contributed by atoms with Gasteiger partial charge in [0.15, 0.2) is 5.78 Å². The summed E-state index contributed by atoms with van der Waals surface area (Å²) in [6.45, 7) is 5.03. The normalized spacial score (nSPS) is 16.3. The summed E-state index contributed by atoms with van der Waals surface area (Å²) in [6, 6.07) is 0. The molecule has 2 N–H and O–H groups in total. The molecule has 0 aromatic carbocycles. The average molecular weight is 218 g/mol. The molecule has 0 bridgehead atoms. The van der Waals surface area contributed by atoms with Crippen molar-refractivity contribution in [1.29, 1.82) is 0 Å². The van der Waals surface area contributed by atoms with E-state index in [4.69, 9.17) is 5.73 Å². The second-order valence-electron chi connectivity index (χ2n) is 3.34. The zero-order valence-corrected chi connectivity index (χ0v) is 9.25. The van der Waals surface area contributed by atoms with Crippen molar-refractivity contribution in [3.63, 3.8) is 0 Å². The van der Waals surface area contributed by atoms with Gasteiger partial charge in [0.25, 0.3) is 0 Å². The summed E-state index contributed by atoms with van der Waals surface area (Å²) in [5.74, 6) is -0.459. The Bertz CT molecular complexity index is 261. The molecular formula is C8H14N2O3S. The van der Waals surface area contributed by atoms with E-state index < -0.39 is 5.54 Å². The number of thiol groups is 1. The van der Waals surface area contributed by atoms with Crippen LogP contribution in [0.1, 0.15) is 20.8 Å². The molecule has 1 unspecified atom stereocenters. The Morgan fingerprint density at radius 1 is 1.64 bits per heavy atom. The molecule has 0 heterocycles. The lowest BCUT2D eigenvalue weighted by Crippen LogP contribution is -2.52. The molecule has 0 aromatic heterocycles. The van der Waals surface area contributed by atoms with Gasteiger partial charge in [0.05, 0.1) is 0 Å². The lowest BCUT2D eigenvalue weighted by Gasteiger charge is -2.23. The SMILES string of the molecule is CC(C)C(=O)C(C)(N)/C(S)=N\OC=O. The van der Waals surface area contributed by atoms with Crippen LogP contribution in [-0.2, 0) is 14.4 Å². The van der Waals surface area contributed by atoms with Crippen molar-refractivity contribution in [3.05, 3.63) is 0 Å². The van der Waals surface area contributed by atoms with Crippen molar-refractivity contribution in [3.8, 4) is 0 Å². The highest BCUT2D eigenvalue weighted by molar-refractivity contribution is 7.97. The lowest BCUT2D eigenvalue weighted by atomic mass is 9.91. The number of ketones is 1. The fraction of sp³-hybridized carbons (Fsp3) is 0.625. The van der Waals surface area contributed by atoms with E-state index in [0.717, 1.165) is 0 Å². The van der Waals surface area contributed by atoms with Gasteiger partial charge in [-0.2, -0.15) is 0 Å². The number of nitrogens with zero attached hydrogens (tertiary/aromatic N) is 1. The number of rotatable bonds is 5. The van der Waals surface area contributed by atoms with Gasteiger partial charge in [-0.25, -0.2) is 0 Å². The minimum atomic E-state index is -1.32. The Labute approximate surface area is 88.1 Å². The van der Waals surface area contributed by atoms with Crippen molar-refractivity contribution in [1.82, 2.24) is 0 Å². The highest BCUT2D eigenvalue weighted by atomic mass is 32.1. The smallest absolute Gasteiger partial charge is 0.321 e. The molecule has 0 aliphatic rings. The van der Waals surface area contributed by atoms with Gasteiger partial charge in [-0.15, -0.1) is 12.6 Å². The maximum Gasteiger partial charge on any atom is 0.323 e. The molecule has 1 atom stereocenters. The average Bonchev–Trinajstić information content (AvgIpc) is 2.12. The van der Waals surface area contributed by atoms with E-state index in [9.17, 15) is 9.59 Å². The summed E-state index contributed by atoms with van der Waals surface area (Å²) >= 11 is 3.90. The van der Waals surface area contributed by atoms with Crippen LogP contribution in [-0.4, -0.2) is 22.8 Å². The first-order valence-electron chi connectivity index (χ1n) is 4.04. The Balaban J connectivity index is 4.76. The molecule has 0 fully saturated rings. The lowest BCUT2D eigenvalue weighted by molar-refractivity contribution is -0.129. The second kappa shape index (κ2) is 5.11. The predicted octanol–water partition coefficient (Wildman–Crippen LogP) is 0.345. The van der Waals surface area contributed by atoms with E-state index in [1.54, 1.807) is 13.8 Å². The molecule has 0 amide bonds. The van der Waals surface area contributed by atoms with Gasteiger partial charge in [-0.3, -0.25) is 9.59 Å². The molecule has 6 heteroatoms. The molecule has 0 saturated heterocycles. The monoisotopic (exact) mass is 218 g/mol. The number of nitrogens with two attached hydrogens (primary N) is 1. The van der Waals surface area contributed by atoms with Crippen molar-refractivity contribution in [2.75, 3.05) is 0 Å². The van der Waals surface area contributed by atoms with E-state index >= 15 is 0 Å². The van der Waals surface area contributed by atoms with Crippen LogP contribution in [0.5, 0.6) is 0 Å². The molecule has 0 saturated carbocycles. The Hall–Kier alpha value is -0.880. The second-order valence-corrected chi connectivity index (χ2v) is 3.76. The molecule has 0 aromatic rings. The molecule has 0 rings (SSSR count). The molecule has 0 aliphatic carbocycles. The molecule has 5 nitrogen and oxygen atoms in total. The van der Waals surface area contributed by atoms with Crippen molar-refractivity contribution < 1.29 is 14.4 Å². The first-order chi connectivity index (χ1) is 6.34. The van der Waals surface area contributed by atoms with Crippen LogP contribution in [0.4, 0.5) is 0 Å². The van der Waals surface area contributed by atoms with Crippen LogP contribution in [0.15, 0.2) is 5.16 Å². The van der Waals surface area contributed by atoms with Gasteiger partial charge < -0.3 is 10.6 Å². The van der Waals surface area contributed by atoms with E-state index in [2.05, 4.69) is 22.6 Å². The third-order valence-corrected chi connectivity index (χ3v) is 2.23. The van der Waals surface area contributed by atoms with Gasteiger partial charge in [0, 0.05) is 5.92 Å². The zero-order chi connectivity index (χ0) is 11.4. The first kappa shape index (κ1) is 13.1. The first-order valence-corrected chi connectivity index (χ1v) is 4.48. The summed E-state index contributed by atoms with van der Waals surface area (Å²) < 4.78 is 0. The quantitative estimate of drug-likeness (QED) is 0.174. The number of carbonyl (C=O) groups excluding carboxylic acids is 2. The van der Waals surface area contributed by atoms with Crippen LogP contribution < -0.4 is 5.73 Å². The number of hydrogen-bond donors (Lipinski definition) is 2. The van der Waals surface area contributed by atoms with Crippen molar-refractivity contribution in [2.45, 2.75) is 26.3 Å². The highest BCUT2D eigenvalue weighted by Crippen LogP contribution is 2.13. The molecular weight excluding hydrogens is 204 g/mol. The van der Waals surface area contributed by atoms with Crippen LogP contribution >= 0.6 is 12.6 Å². The zero-order valence-electron chi connectivity index (χ0n) is 8.35. The summed E-state index contributed by atoms with van der Waals surface area (Å²) in [6.07, 6.45) is 0. The van der Waals surface area contributed by atoms with E-state index in [1.165, 1.54) is 6.92 Å². The van der Waals surface area contributed by atoms with Gasteiger partial charge in [-0.05, 0) is 6.92 Å². The number of carbonyl (C=O) groups is 2. The molecule has 0 aliphatic heterocycles. The summed E-state index contributed by atoms with van der Waals surface area (Å²) in [5.41, 5.74) is 4.37. The van der Waals surface area contributed by atoms with Crippen molar-refractivity contribution in [2.24, 2.45) is 16.8 Å². The van der Waals surface area contributed by atoms with E-state index in [1.807, 2.05) is 0 Å². The number of oxime groups is 1. The third kappa shape index (κ3) is 3.12. The maximum atomic E-state index is 11.6. The topological polar surface area (TPSA) is 81.8 Å². The summed E-state index contributed by atoms with van der Waals surface area (Å²) in [5, 5.41) is 3.26. The van der Waals surface area contributed by atoms with Crippen LogP contribution in [0.2, 0.25) is 0 Å². The number of Topliss-reactive ketones (excluding diaryl/α,β-unsaturated/α-hetero) is 1. The Morgan fingerprint density at radius 3 is 2.50 bits per heavy atom. The highest BCUT2D eigenvalue weighted by Gasteiger charge is 2.34. The predicted molar refractivity (Wildman–Crippen MR) is 56.0 cm³/mol. The van der Waals surface area contributed by atoms with Gasteiger partial charge in [0.2, 0.25) is 0 Å². The largest absolute Gasteiger partial charge is 0.323 e. The molecule has 80 valence electrons. The van der Waals surface area contributed by atoms with Crippen LogP contribution in [0, 0.1) is 5.92 Å². The van der Waals surface area contributed by atoms with Gasteiger partial charge in [-0.1, -0.05) is 19.0 Å². The molecule has 0 radical (unpaired) electrons. The standard InChI is InChI=1S/C8H14N2O3S/c1-5(2)6(12)8(3,9)7(14)10-13-4-11/h4-5H,9H2,1-3H3,(H,10,14). The fourth-order valence-corrected chi connectivity index (χ4v) is 1.03. The minimum absolute atomic E-state index is 0.0247. The van der Waals surface area contributed by atoms with E-state index in [-0.39, 0.29) is 23.2 Å². The van der Waals surface area contributed by atoms with Crippen LogP contribution in [0.25, 0.3) is 0 Å². The fourth-order valence-electron chi connectivity index (χ4n) is 0.876. The Morgan fingerprint density at radius 2 is 2.14 bits per heavy atom. The summed E-state index contributed by atoms with van der Waals surface area (Å²) in [4.78, 5) is 25.5. The van der Waals surface area contributed by atoms with Crippen molar-refractivity contribution >= 4 is 29.9 Å². The third-order valence-electron chi connectivity index (χ3n) is 1.68. The van der Waals surface area contributed by atoms with Crippen LogP contribution in [0.3, 0.4) is 0 Å². The Kier molecular flexibility index (Phi) is 4.79. The van der Waals surface area contributed by atoms with E-state index in [0.29, 0.717) is 0 Å².